The normalized spacial score (nSPS) is 29.3. The Morgan fingerprint density at radius 3 is 2.50 bits per heavy atom. The molecule has 1 aromatic carbocycles. The Balaban J connectivity index is 1.62. The first-order valence-electron chi connectivity index (χ1n) is 9.45. The van der Waals surface area contributed by atoms with Crippen molar-refractivity contribution in [2.75, 3.05) is 13.2 Å². The number of Topliss-reactive ketones (excluding diaryl/α,β-unsaturated/α-hetero) is 1. The Labute approximate surface area is 160 Å². The summed E-state index contributed by atoms with van der Waals surface area (Å²) >= 11 is 6.39. The second-order valence-electron chi connectivity index (χ2n) is 7.28. The first-order chi connectivity index (χ1) is 12.5. The molecule has 2 aliphatic rings. The molecule has 5 heteroatoms. The molecular weight excluding hydrogens is 352 g/mol. The highest BCUT2D eigenvalue weighted by atomic mass is 35.5. The van der Waals surface area contributed by atoms with Crippen LogP contribution in [0.15, 0.2) is 24.8 Å². The van der Waals surface area contributed by atoms with Gasteiger partial charge < -0.3 is 14.6 Å². The van der Waals surface area contributed by atoms with E-state index in [0.717, 1.165) is 31.2 Å². The van der Waals surface area contributed by atoms with Crippen LogP contribution in [-0.2, 0) is 9.47 Å². The van der Waals surface area contributed by atoms with Crippen LogP contribution in [0.5, 0.6) is 5.75 Å². The van der Waals surface area contributed by atoms with E-state index < -0.39 is 0 Å². The summed E-state index contributed by atoms with van der Waals surface area (Å²) in [5.41, 5.74) is 1.25. The number of ether oxygens (including phenoxy) is 2. The quantitative estimate of drug-likeness (QED) is 0.573. The highest BCUT2D eigenvalue weighted by Crippen LogP contribution is 2.43. The molecule has 0 unspecified atom stereocenters. The molecular formula is C21H27ClO4. The molecule has 0 amide bonds. The molecule has 1 aromatic rings. The Hall–Kier alpha value is -1.36. The Kier molecular flexibility index (Phi) is 6.38. The van der Waals surface area contributed by atoms with Gasteiger partial charge in [-0.2, -0.15) is 0 Å². The predicted octanol–water partition coefficient (Wildman–Crippen LogP) is 5.09. The number of carbonyl (C=O) groups is 1. The molecule has 1 heterocycles. The Morgan fingerprint density at radius 1 is 1.27 bits per heavy atom. The van der Waals surface area contributed by atoms with Crippen molar-refractivity contribution >= 4 is 17.4 Å². The average molecular weight is 379 g/mol. The largest absolute Gasteiger partial charge is 0.506 e. The molecule has 4 nitrogen and oxygen atoms in total. The zero-order valence-corrected chi connectivity index (χ0v) is 16.0. The SMILES string of the molecule is C=CC1COC(C2CCC(c3ccc(C(=O)CC)c(O)c3Cl)CC2)OC1. The van der Waals surface area contributed by atoms with Crippen molar-refractivity contribution in [2.24, 2.45) is 11.8 Å². The molecule has 1 saturated carbocycles. The first-order valence-corrected chi connectivity index (χ1v) is 9.83. The van der Waals surface area contributed by atoms with E-state index in [9.17, 15) is 9.90 Å². The van der Waals surface area contributed by atoms with Gasteiger partial charge >= 0.3 is 0 Å². The third-order valence-electron chi connectivity index (χ3n) is 5.65. The minimum Gasteiger partial charge on any atom is -0.506 e. The highest BCUT2D eigenvalue weighted by Gasteiger charge is 2.33. The maximum absolute atomic E-state index is 11.9. The van der Waals surface area contributed by atoms with Crippen LogP contribution in [0.3, 0.4) is 0 Å². The monoisotopic (exact) mass is 378 g/mol. The number of ketones is 1. The van der Waals surface area contributed by atoms with E-state index in [1.54, 1.807) is 13.0 Å². The third-order valence-corrected chi connectivity index (χ3v) is 6.04. The lowest BCUT2D eigenvalue weighted by Crippen LogP contribution is -2.37. The van der Waals surface area contributed by atoms with E-state index in [4.69, 9.17) is 21.1 Å². The van der Waals surface area contributed by atoms with E-state index in [0.29, 0.717) is 42.1 Å². The van der Waals surface area contributed by atoms with Gasteiger partial charge in [0, 0.05) is 18.3 Å². The molecule has 0 spiro atoms. The molecule has 1 saturated heterocycles. The molecule has 1 aliphatic carbocycles. The highest BCUT2D eigenvalue weighted by molar-refractivity contribution is 6.33. The summed E-state index contributed by atoms with van der Waals surface area (Å²) in [5, 5.41) is 10.6. The maximum atomic E-state index is 11.9. The molecule has 0 aromatic heterocycles. The number of hydrogen-bond donors (Lipinski definition) is 1. The summed E-state index contributed by atoms with van der Waals surface area (Å²) in [6.07, 6.45) is 6.05. The molecule has 0 bridgehead atoms. The summed E-state index contributed by atoms with van der Waals surface area (Å²) in [6, 6.07) is 3.61. The van der Waals surface area contributed by atoms with E-state index in [1.165, 1.54) is 0 Å². The predicted molar refractivity (Wildman–Crippen MR) is 102 cm³/mol. The second kappa shape index (κ2) is 8.55. The smallest absolute Gasteiger partial charge is 0.166 e. The standard InChI is InChI=1S/C21H27ClO4/c1-3-13-11-25-21(26-12-13)15-7-5-14(6-8-15)16-9-10-17(18(23)4-2)20(24)19(16)22/h3,9-10,13-15,21,24H,1,4-8,11-12H2,2H3. The van der Waals surface area contributed by atoms with Crippen LogP contribution >= 0.6 is 11.6 Å². The van der Waals surface area contributed by atoms with Crippen molar-refractivity contribution in [1.82, 2.24) is 0 Å². The summed E-state index contributed by atoms with van der Waals surface area (Å²) in [7, 11) is 0. The average Bonchev–Trinajstić information content (AvgIpc) is 2.69. The number of phenolic OH excluding ortho intramolecular Hbond substituents is 1. The molecule has 2 fully saturated rings. The number of aromatic hydroxyl groups is 1. The molecule has 26 heavy (non-hydrogen) atoms. The van der Waals surface area contributed by atoms with Crippen LogP contribution in [0, 0.1) is 11.8 Å². The lowest BCUT2D eigenvalue weighted by molar-refractivity contribution is -0.222. The number of halogens is 1. The van der Waals surface area contributed by atoms with Gasteiger partial charge in [0.15, 0.2) is 12.1 Å². The van der Waals surface area contributed by atoms with Crippen molar-refractivity contribution in [2.45, 2.75) is 51.2 Å². The Bertz CT molecular complexity index is 656. The number of carbonyl (C=O) groups excluding carboxylic acids is 1. The molecule has 1 N–H and O–H groups in total. The van der Waals surface area contributed by atoms with Crippen LogP contribution in [0.4, 0.5) is 0 Å². The maximum Gasteiger partial charge on any atom is 0.166 e. The number of benzene rings is 1. The van der Waals surface area contributed by atoms with Gasteiger partial charge in [-0.3, -0.25) is 4.79 Å². The summed E-state index contributed by atoms with van der Waals surface area (Å²) in [4.78, 5) is 11.9. The van der Waals surface area contributed by atoms with Gasteiger partial charge in [0.1, 0.15) is 5.75 Å². The fourth-order valence-corrected chi connectivity index (χ4v) is 4.27. The number of hydrogen-bond acceptors (Lipinski definition) is 4. The van der Waals surface area contributed by atoms with Gasteiger partial charge in [0.25, 0.3) is 0 Å². The second-order valence-corrected chi connectivity index (χ2v) is 7.66. The van der Waals surface area contributed by atoms with Gasteiger partial charge in [-0.05, 0) is 43.2 Å². The van der Waals surface area contributed by atoms with Crippen LogP contribution in [-0.4, -0.2) is 30.4 Å². The third kappa shape index (κ3) is 3.98. The topological polar surface area (TPSA) is 55.8 Å². The summed E-state index contributed by atoms with van der Waals surface area (Å²) < 4.78 is 11.7. The van der Waals surface area contributed by atoms with E-state index >= 15 is 0 Å². The summed E-state index contributed by atoms with van der Waals surface area (Å²) in [5.74, 6) is 0.802. The lowest BCUT2D eigenvalue weighted by atomic mass is 9.78. The van der Waals surface area contributed by atoms with E-state index in [2.05, 4.69) is 6.58 Å². The van der Waals surface area contributed by atoms with Crippen molar-refractivity contribution < 1.29 is 19.4 Å². The minimum absolute atomic E-state index is 0.0763. The minimum atomic E-state index is -0.124. The fraction of sp³-hybridized carbons (Fsp3) is 0.571. The van der Waals surface area contributed by atoms with Crippen molar-refractivity contribution in [3.8, 4) is 5.75 Å². The van der Waals surface area contributed by atoms with Crippen molar-refractivity contribution in [3.63, 3.8) is 0 Å². The van der Waals surface area contributed by atoms with Gasteiger partial charge in [-0.1, -0.05) is 30.7 Å². The summed E-state index contributed by atoms with van der Waals surface area (Å²) in [6.45, 7) is 6.93. The van der Waals surface area contributed by atoms with Crippen molar-refractivity contribution in [3.05, 3.63) is 40.9 Å². The van der Waals surface area contributed by atoms with E-state index in [1.807, 2.05) is 12.1 Å². The number of phenols is 1. The van der Waals surface area contributed by atoms with Crippen LogP contribution in [0.25, 0.3) is 0 Å². The molecule has 0 atom stereocenters. The lowest BCUT2D eigenvalue weighted by Gasteiger charge is -2.37. The van der Waals surface area contributed by atoms with Crippen LogP contribution in [0.2, 0.25) is 5.02 Å². The zero-order valence-electron chi connectivity index (χ0n) is 15.2. The van der Waals surface area contributed by atoms with Crippen LogP contribution in [0.1, 0.15) is 60.9 Å². The Morgan fingerprint density at radius 2 is 1.92 bits per heavy atom. The zero-order chi connectivity index (χ0) is 18.7. The molecule has 142 valence electrons. The van der Waals surface area contributed by atoms with Crippen LogP contribution < -0.4 is 0 Å². The molecule has 1 aliphatic heterocycles. The molecule has 0 radical (unpaired) electrons. The van der Waals surface area contributed by atoms with E-state index in [-0.39, 0.29) is 23.7 Å². The van der Waals surface area contributed by atoms with Crippen molar-refractivity contribution in [1.29, 1.82) is 0 Å². The van der Waals surface area contributed by atoms with Gasteiger partial charge in [0.2, 0.25) is 0 Å². The molecule has 3 rings (SSSR count). The number of rotatable bonds is 5. The van der Waals surface area contributed by atoms with Gasteiger partial charge in [-0.25, -0.2) is 0 Å². The van der Waals surface area contributed by atoms with Gasteiger partial charge in [-0.15, -0.1) is 6.58 Å². The fourth-order valence-electron chi connectivity index (χ4n) is 3.95. The first kappa shape index (κ1) is 19.4. The van der Waals surface area contributed by atoms with Gasteiger partial charge in [0.05, 0.1) is 23.8 Å².